The van der Waals surface area contributed by atoms with Gasteiger partial charge in [0, 0.05) is 57.8 Å². The van der Waals surface area contributed by atoms with Gasteiger partial charge in [-0.05, 0) is 13.3 Å². The first-order valence-corrected chi connectivity index (χ1v) is 7.46. The molecule has 1 fully saturated rings. The summed E-state index contributed by atoms with van der Waals surface area (Å²) in [5.74, 6) is 1.50. The van der Waals surface area contributed by atoms with E-state index in [-0.39, 0.29) is 6.10 Å². The first-order valence-electron chi connectivity index (χ1n) is 7.46. The van der Waals surface area contributed by atoms with Crippen molar-refractivity contribution >= 4 is 0 Å². The van der Waals surface area contributed by atoms with Crippen LogP contribution in [-0.4, -0.2) is 37.7 Å². The van der Waals surface area contributed by atoms with Crippen LogP contribution >= 0.6 is 0 Å². The van der Waals surface area contributed by atoms with Crippen LogP contribution in [0, 0.1) is 5.92 Å². The van der Waals surface area contributed by atoms with E-state index < -0.39 is 0 Å². The first-order chi connectivity index (χ1) is 10.3. The van der Waals surface area contributed by atoms with Crippen molar-refractivity contribution in [2.45, 2.75) is 32.5 Å². The molecule has 21 heavy (non-hydrogen) atoms. The largest absolute Gasteiger partial charge is 0.370 e. The predicted octanol–water partition coefficient (Wildman–Crippen LogP) is 0.899. The van der Waals surface area contributed by atoms with Crippen LogP contribution in [-0.2, 0) is 24.9 Å². The molecule has 0 bridgehead atoms. The second-order valence-electron chi connectivity index (χ2n) is 5.43. The van der Waals surface area contributed by atoms with Gasteiger partial charge < -0.3 is 14.6 Å². The van der Waals surface area contributed by atoms with Crippen molar-refractivity contribution in [1.82, 2.24) is 29.9 Å². The lowest BCUT2D eigenvalue weighted by molar-refractivity contribution is 0.0803. The summed E-state index contributed by atoms with van der Waals surface area (Å²) >= 11 is 0. The smallest absolute Gasteiger partial charge is 0.138 e. The van der Waals surface area contributed by atoms with Gasteiger partial charge in [-0.15, -0.1) is 5.10 Å². The number of ether oxygens (including phenoxy) is 1. The molecule has 0 aliphatic carbocycles. The van der Waals surface area contributed by atoms with E-state index in [1.165, 1.54) is 0 Å². The topological polar surface area (TPSA) is 69.8 Å². The van der Waals surface area contributed by atoms with Crippen molar-refractivity contribution in [2.75, 3.05) is 13.2 Å². The molecule has 3 heterocycles. The molecule has 2 aromatic rings. The predicted molar refractivity (Wildman–Crippen MR) is 77.4 cm³/mol. The number of rotatable bonds is 6. The van der Waals surface area contributed by atoms with Gasteiger partial charge in [0.1, 0.15) is 11.9 Å². The Balaban J connectivity index is 1.57. The summed E-state index contributed by atoms with van der Waals surface area (Å²) in [6.45, 7) is 5.49. The zero-order chi connectivity index (χ0) is 14.7. The van der Waals surface area contributed by atoms with Crippen LogP contribution in [0.3, 0.4) is 0 Å². The van der Waals surface area contributed by atoms with Crippen LogP contribution < -0.4 is 5.32 Å². The van der Waals surface area contributed by atoms with E-state index >= 15 is 0 Å². The standard InChI is InChI=1S/C14H22N6O/c1-3-20-6-5-16-14(20)13-11(4-7-21-13)8-15-9-12-10-19(2)18-17-12/h5-6,10-11,13,15H,3-4,7-9H2,1-2H3/t11-,13+/m0/s1. The molecule has 1 saturated heterocycles. The Morgan fingerprint density at radius 1 is 1.48 bits per heavy atom. The fourth-order valence-electron chi connectivity index (χ4n) is 2.84. The maximum atomic E-state index is 5.90. The van der Waals surface area contributed by atoms with Crippen LogP contribution in [0.1, 0.15) is 31.0 Å². The Labute approximate surface area is 124 Å². The van der Waals surface area contributed by atoms with Crippen molar-refractivity contribution < 1.29 is 4.74 Å². The molecule has 114 valence electrons. The molecule has 7 nitrogen and oxygen atoms in total. The monoisotopic (exact) mass is 290 g/mol. The zero-order valence-corrected chi connectivity index (χ0v) is 12.6. The molecule has 0 radical (unpaired) electrons. The van der Waals surface area contributed by atoms with E-state index in [9.17, 15) is 0 Å². The summed E-state index contributed by atoms with van der Waals surface area (Å²) in [5, 5.41) is 11.5. The molecular weight excluding hydrogens is 268 g/mol. The highest BCUT2D eigenvalue weighted by molar-refractivity contribution is 5.01. The van der Waals surface area contributed by atoms with E-state index in [4.69, 9.17) is 4.74 Å². The second-order valence-corrected chi connectivity index (χ2v) is 5.43. The van der Waals surface area contributed by atoms with Crippen LogP contribution in [0.25, 0.3) is 0 Å². The van der Waals surface area contributed by atoms with Crippen molar-refractivity contribution in [3.8, 4) is 0 Å². The van der Waals surface area contributed by atoms with Crippen molar-refractivity contribution in [1.29, 1.82) is 0 Å². The van der Waals surface area contributed by atoms with Gasteiger partial charge in [0.2, 0.25) is 0 Å². The minimum absolute atomic E-state index is 0.0920. The fourth-order valence-corrected chi connectivity index (χ4v) is 2.84. The number of hydrogen-bond donors (Lipinski definition) is 1. The molecule has 1 aliphatic rings. The van der Waals surface area contributed by atoms with Gasteiger partial charge in [0.15, 0.2) is 0 Å². The molecular formula is C14H22N6O. The zero-order valence-electron chi connectivity index (χ0n) is 12.6. The van der Waals surface area contributed by atoms with Gasteiger partial charge in [-0.25, -0.2) is 4.98 Å². The third kappa shape index (κ3) is 3.14. The van der Waals surface area contributed by atoms with Gasteiger partial charge >= 0.3 is 0 Å². The molecule has 0 unspecified atom stereocenters. The van der Waals surface area contributed by atoms with Gasteiger partial charge in [-0.3, -0.25) is 4.68 Å². The number of aryl methyl sites for hydroxylation is 2. The Hall–Kier alpha value is -1.73. The van der Waals surface area contributed by atoms with E-state index in [0.29, 0.717) is 5.92 Å². The highest BCUT2D eigenvalue weighted by Crippen LogP contribution is 2.33. The molecule has 2 atom stereocenters. The van der Waals surface area contributed by atoms with E-state index in [1.807, 2.05) is 25.6 Å². The Bertz CT molecular complexity index is 578. The van der Waals surface area contributed by atoms with E-state index in [2.05, 4.69) is 32.1 Å². The number of imidazole rings is 1. The van der Waals surface area contributed by atoms with Crippen LogP contribution in [0.2, 0.25) is 0 Å². The number of nitrogens with one attached hydrogen (secondary N) is 1. The van der Waals surface area contributed by atoms with Crippen molar-refractivity contribution in [3.63, 3.8) is 0 Å². The summed E-state index contributed by atoms with van der Waals surface area (Å²) in [6, 6.07) is 0. The van der Waals surface area contributed by atoms with Crippen LogP contribution in [0.5, 0.6) is 0 Å². The normalized spacial score (nSPS) is 22.0. The summed E-state index contributed by atoms with van der Waals surface area (Å²) in [7, 11) is 1.88. The summed E-state index contributed by atoms with van der Waals surface area (Å²) in [5.41, 5.74) is 0.961. The molecule has 7 heteroatoms. The van der Waals surface area contributed by atoms with Gasteiger partial charge in [-0.2, -0.15) is 0 Å². The third-order valence-corrected chi connectivity index (χ3v) is 3.92. The quantitative estimate of drug-likeness (QED) is 0.856. The molecule has 1 aliphatic heterocycles. The lowest BCUT2D eigenvalue weighted by Crippen LogP contribution is -2.26. The number of aromatic nitrogens is 5. The van der Waals surface area contributed by atoms with Crippen molar-refractivity contribution in [2.24, 2.45) is 13.0 Å². The molecule has 2 aromatic heterocycles. The summed E-state index contributed by atoms with van der Waals surface area (Å²) in [4.78, 5) is 4.47. The summed E-state index contributed by atoms with van der Waals surface area (Å²) in [6.07, 6.45) is 6.95. The Morgan fingerprint density at radius 2 is 2.38 bits per heavy atom. The number of hydrogen-bond acceptors (Lipinski definition) is 5. The lowest BCUT2D eigenvalue weighted by Gasteiger charge is -2.19. The molecule has 0 saturated carbocycles. The van der Waals surface area contributed by atoms with Gasteiger partial charge in [-0.1, -0.05) is 5.21 Å². The molecule has 0 amide bonds. The van der Waals surface area contributed by atoms with Gasteiger partial charge in [0.25, 0.3) is 0 Å². The molecule has 0 spiro atoms. The summed E-state index contributed by atoms with van der Waals surface area (Å²) < 4.78 is 9.78. The van der Waals surface area contributed by atoms with Gasteiger partial charge in [0.05, 0.1) is 5.69 Å². The van der Waals surface area contributed by atoms with E-state index in [0.717, 1.165) is 44.2 Å². The second kappa shape index (κ2) is 6.36. The highest BCUT2D eigenvalue weighted by atomic mass is 16.5. The minimum Gasteiger partial charge on any atom is -0.370 e. The highest BCUT2D eigenvalue weighted by Gasteiger charge is 2.32. The van der Waals surface area contributed by atoms with Crippen LogP contribution in [0.4, 0.5) is 0 Å². The van der Waals surface area contributed by atoms with E-state index in [1.54, 1.807) is 4.68 Å². The average Bonchev–Trinajstić information content (AvgIpc) is 3.18. The van der Waals surface area contributed by atoms with Crippen molar-refractivity contribution in [3.05, 3.63) is 30.1 Å². The SMILES string of the molecule is CCn1ccnc1[C@@H]1OCC[C@H]1CNCc1cn(C)nn1. The Morgan fingerprint density at radius 3 is 3.14 bits per heavy atom. The minimum atomic E-state index is 0.0920. The number of nitrogens with zero attached hydrogens (tertiary/aromatic N) is 5. The Kier molecular flexibility index (Phi) is 4.31. The molecule has 0 aromatic carbocycles. The fraction of sp³-hybridized carbons (Fsp3) is 0.643. The lowest BCUT2D eigenvalue weighted by atomic mass is 10.0. The average molecular weight is 290 g/mol. The first kappa shape index (κ1) is 14.2. The maximum Gasteiger partial charge on any atom is 0.138 e. The third-order valence-electron chi connectivity index (χ3n) is 3.92. The maximum absolute atomic E-state index is 5.90. The molecule has 1 N–H and O–H groups in total. The molecule has 3 rings (SSSR count). The van der Waals surface area contributed by atoms with Crippen LogP contribution in [0.15, 0.2) is 18.6 Å².